The summed E-state index contributed by atoms with van der Waals surface area (Å²) in [7, 11) is 1.55. The molecule has 4 rings (SSSR count). The first-order valence-electron chi connectivity index (χ1n) is 9.44. The summed E-state index contributed by atoms with van der Waals surface area (Å²) in [6, 6.07) is 15.4. The average Bonchev–Trinajstić information content (AvgIpc) is 3.27. The summed E-state index contributed by atoms with van der Waals surface area (Å²) in [4.78, 5) is 31.5. The number of ether oxygens (including phenoxy) is 1. The summed E-state index contributed by atoms with van der Waals surface area (Å²) in [5.74, 6) is -0.0130. The minimum atomic E-state index is -0.765. The molecule has 1 aromatic heterocycles. The van der Waals surface area contributed by atoms with Gasteiger partial charge in [-0.1, -0.05) is 43.3 Å². The van der Waals surface area contributed by atoms with Crippen LogP contribution in [0, 0.1) is 0 Å². The molecule has 29 heavy (non-hydrogen) atoms. The second-order valence-electron chi connectivity index (χ2n) is 6.69. The van der Waals surface area contributed by atoms with Crippen LogP contribution in [-0.4, -0.2) is 36.5 Å². The first kappa shape index (κ1) is 19.1. The molecule has 0 bridgehead atoms. The fraction of sp³-hybridized carbons (Fsp3) is 0.227. The van der Waals surface area contributed by atoms with Crippen LogP contribution in [0.25, 0.3) is 10.6 Å². The van der Waals surface area contributed by atoms with Gasteiger partial charge < -0.3 is 10.1 Å². The van der Waals surface area contributed by atoms with Crippen LogP contribution in [0.3, 0.4) is 0 Å². The third kappa shape index (κ3) is 3.73. The quantitative estimate of drug-likeness (QED) is 0.718. The van der Waals surface area contributed by atoms with Crippen LogP contribution in [0.5, 0.6) is 5.75 Å². The van der Waals surface area contributed by atoms with Crippen LogP contribution in [-0.2, 0) is 11.2 Å². The molecule has 1 atom stereocenters. The number of carbonyl (C=O) groups excluding carboxylic acids is 2. The summed E-state index contributed by atoms with van der Waals surface area (Å²) in [6.45, 7) is 2.25. The molecule has 1 N–H and O–H groups in total. The number of nitrogens with zero attached hydrogens (tertiary/aromatic N) is 2. The predicted molar refractivity (Wildman–Crippen MR) is 114 cm³/mol. The molecule has 0 aliphatic carbocycles. The van der Waals surface area contributed by atoms with E-state index in [9.17, 15) is 9.59 Å². The number of anilines is 1. The van der Waals surface area contributed by atoms with E-state index in [1.165, 1.54) is 16.9 Å². The molecule has 1 unspecified atom stereocenters. The molecule has 0 radical (unpaired) electrons. The van der Waals surface area contributed by atoms with Crippen molar-refractivity contribution in [2.24, 2.45) is 0 Å². The normalized spacial score (nSPS) is 15.4. The standard InChI is InChI=1S/C22H21N3O3S/c1-3-14-8-10-15(11-9-14)21-24-16(13-29-21)22(27)25-12-19(20(26)23-2)28-18-7-5-4-6-17(18)25/h4-11,13,19H,3,12H2,1-2H3,(H,23,26). The molecule has 148 valence electrons. The Hall–Kier alpha value is -3.19. The summed E-state index contributed by atoms with van der Waals surface area (Å²) < 4.78 is 5.77. The van der Waals surface area contributed by atoms with Crippen LogP contribution >= 0.6 is 11.3 Å². The highest BCUT2D eigenvalue weighted by atomic mass is 32.1. The van der Waals surface area contributed by atoms with E-state index in [-0.39, 0.29) is 18.4 Å². The lowest BCUT2D eigenvalue weighted by atomic mass is 10.1. The second kappa shape index (κ2) is 8.05. The Morgan fingerprint density at radius 2 is 1.97 bits per heavy atom. The molecule has 0 saturated heterocycles. The Balaban J connectivity index is 1.63. The highest BCUT2D eigenvalue weighted by molar-refractivity contribution is 7.13. The molecule has 1 aliphatic rings. The highest BCUT2D eigenvalue weighted by Gasteiger charge is 2.34. The molecule has 6 nitrogen and oxygen atoms in total. The zero-order valence-electron chi connectivity index (χ0n) is 16.2. The summed E-state index contributed by atoms with van der Waals surface area (Å²) >= 11 is 1.43. The van der Waals surface area contributed by atoms with E-state index in [1.807, 2.05) is 30.3 Å². The smallest absolute Gasteiger partial charge is 0.278 e. The maximum atomic E-state index is 13.2. The predicted octanol–water partition coefficient (Wildman–Crippen LogP) is 3.53. The van der Waals surface area contributed by atoms with Crippen LogP contribution in [0.1, 0.15) is 23.0 Å². The molecule has 0 fully saturated rings. The summed E-state index contributed by atoms with van der Waals surface area (Å²) in [5, 5.41) is 5.14. The zero-order valence-corrected chi connectivity index (χ0v) is 17.0. The number of likely N-dealkylation sites (N-methyl/N-ethyl adjacent to an activating group) is 1. The van der Waals surface area contributed by atoms with Gasteiger partial charge in [-0.15, -0.1) is 11.3 Å². The monoisotopic (exact) mass is 407 g/mol. The van der Waals surface area contributed by atoms with Crippen molar-refractivity contribution in [1.82, 2.24) is 10.3 Å². The molecule has 2 aromatic carbocycles. The van der Waals surface area contributed by atoms with Gasteiger partial charge >= 0.3 is 0 Å². The lowest BCUT2D eigenvalue weighted by Crippen LogP contribution is -2.50. The number of aryl methyl sites for hydroxylation is 1. The van der Waals surface area contributed by atoms with Gasteiger partial charge in [-0.2, -0.15) is 0 Å². The Labute approximate surface area is 173 Å². The van der Waals surface area contributed by atoms with E-state index in [0.717, 1.165) is 17.0 Å². The van der Waals surface area contributed by atoms with Gasteiger partial charge in [-0.05, 0) is 24.1 Å². The number of aromatic nitrogens is 1. The zero-order chi connectivity index (χ0) is 20.4. The Morgan fingerprint density at radius 3 is 2.69 bits per heavy atom. The minimum absolute atomic E-state index is 0.133. The summed E-state index contributed by atoms with van der Waals surface area (Å²) in [6.07, 6.45) is 0.212. The highest BCUT2D eigenvalue weighted by Crippen LogP contribution is 2.34. The topological polar surface area (TPSA) is 71.5 Å². The number of rotatable bonds is 4. The van der Waals surface area contributed by atoms with E-state index < -0.39 is 6.10 Å². The van der Waals surface area contributed by atoms with Gasteiger partial charge in [-0.25, -0.2) is 4.98 Å². The fourth-order valence-corrected chi connectivity index (χ4v) is 4.05. The lowest BCUT2D eigenvalue weighted by Gasteiger charge is -2.33. The van der Waals surface area contributed by atoms with Gasteiger partial charge in [0.25, 0.3) is 11.8 Å². The number of benzene rings is 2. The van der Waals surface area contributed by atoms with E-state index in [1.54, 1.807) is 23.4 Å². The Bertz CT molecular complexity index is 1050. The first-order valence-corrected chi connectivity index (χ1v) is 10.3. The Kier molecular flexibility index (Phi) is 5.31. The largest absolute Gasteiger partial charge is 0.477 e. The molecular formula is C22H21N3O3S. The molecule has 1 aliphatic heterocycles. The van der Waals surface area contributed by atoms with Gasteiger partial charge in [-0.3, -0.25) is 14.5 Å². The van der Waals surface area contributed by atoms with Crippen LogP contribution in [0.15, 0.2) is 53.9 Å². The van der Waals surface area contributed by atoms with E-state index in [2.05, 4.69) is 29.4 Å². The average molecular weight is 407 g/mol. The number of fused-ring (bicyclic) bond motifs is 1. The third-order valence-electron chi connectivity index (χ3n) is 4.89. The van der Waals surface area contributed by atoms with E-state index in [0.29, 0.717) is 17.1 Å². The van der Waals surface area contributed by atoms with Crippen molar-refractivity contribution in [3.8, 4) is 16.3 Å². The van der Waals surface area contributed by atoms with Gasteiger partial charge in [0, 0.05) is 18.0 Å². The van der Waals surface area contributed by atoms with Crippen LogP contribution in [0.4, 0.5) is 5.69 Å². The van der Waals surface area contributed by atoms with E-state index >= 15 is 0 Å². The number of hydrogen-bond acceptors (Lipinski definition) is 5. The SMILES string of the molecule is CCc1ccc(-c2nc(C(=O)N3CC(C(=O)NC)Oc4ccccc43)cs2)cc1. The molecule has 2 amide bonds. The van der Waals surface area contributed by atoms with Crippen molar-refractivity contribution >= 4 is 28.8 Å². The van der Waals surface area contributed by atoms with Crippen molar-refractivity contribution in [2.75, 3.05) is 18.5 Å². The Morgan fingerprint density at radius 1 is 1.21 bits per heavy atom. The number of nitrogens with one attached hydrogen (secondary N) is 1. The van der Waals surface area contributed by atoms with Crippen molar-refractivity contribution in [1.29, 1.82) is 0 Å². The molecule has 3 aromatic rings. The number of hydrogen-bond donors (Lipinski definition) is 1. The van der Waals surface area contributed by atoms with Crippen LogP contribution < -0.4 is 15.0 Å². The van der Waals surface area contributed by atoms with Gasteiger partial charge in [0.05, 0.1) is 12.2 Å². The van der Waals surface area contributed by atoms with Crippen LogP contribution in [0.2, 0.25) is 0 Å². The number of amides is 2. The van der Waals surface area contributed by atoms with Gasteiger partial charge in [0.1, 0.15) is 16.5 Å². The molecule has 7 heteroatoms. The van der Waals surface area contributed by atoms with Crippen molar-refractivity contribution in [2.45, 2.75) is 19.4 Å². The molecule has 0 spiro atoms. The number of thiazole rings is 1. The lowest BCUT2D eigenvalue weighted by molar-refractivity contribution is -0.127. The second-order valence-corrected chi connectivity index (χ2v) is 7.55. The number of carbonyl (C=O) groups is 2. The summed E-state index contributed by atoms with van der Waals surface area (Å²) in [5.41, 5.74) is 3.24. The van der Waals surface area contributed by atoms with Gasteiger partial charge in [0.2, 0.25) is 0 Å². The number of para-hydroxylation sites is 2. The molecule has 2 heterocycles. The van der Waals surface area contributed by atoms with Gasteiger partial charge in [0.15, 0.2) is 6.10 Å². The van der Waals surface area contributed by atoms with E-state index in [4.69, 9.17) is 4.74 Å². The van der Waals surface area contributed by atoms with Crippen molar-refractivity contribution in [3.05, 3.63) is 65.2 Å². The molecule has 0 saturated carbocycles. The third-order valence-corrected chi connectivity index (χ3v) is 5.78. The molecular weight excluding hydrogens is 386 g/mol. The van der Waals surface area contributed by atoms with Crippen molar-refractivity contribution < 1.29 is 14.3 Å². The maximum absolute atomic E-state index is 13.2. The first-order chi connectivity index (χ1) is 14.1. The fourth-order valence-electron chi connectivity index (χ4n) is 3.25. The van der Waals surface area contributed by atoms with Crippen molar-refractivity contribution in [3.63, 3.8) is 0 Å². The maximum Gasteiger partial charge on any atom is 0.278 e. The minimum Gasteiger partial charge on any atom is -0.477 e.